The maximum atomic E-state index is 12.7. The van der Waals surface area contributed by atoms with Crippen LogP contribution < -0.4 is 15.4 Å². The van der Waals surface area contributed by atoms with Gasteiger partial charge in [-0.25, -0.2) is 15.0 Å². The second-order valence-electron chi connectivity index (χ2n) is 7.92. The highest BCUT2D eigenvalue weighted by atomic mass is 19.3. The third-order valence-corrected chi connectivity index (χ3v) is 6.08. The van der Waals surface area contributed by atoms with Crippen LogP contribution in [0.2, 0.25) is 0 Å². The Labute approximate surface area is 167 Å². The van der Waals surface area contributed by atoms with Crippen LogP contribution in [0, 0.1) is 0 Å². The molecular weight excluding hydrogens is 380 g/mol. The topological polar surface area (TPSA) is 86.4 Å². The summed E-state index contributed by atoms with van der Waals surface area (Å²) >= 11 is 0. The van der Waals surface area contributed by atoms with Gasteiger partial charge in [-0.05, 0) is 31.7 Å². The molecule has 3 aliphatic heterocycles. The number of piperidine rings is 1. The van der Waals surface area contributed by atoms with Gasteiger partial charge in [-0.2, -0.15) is 8.78 Å². The van der Waals surface area contributed by atoms with Crippen molar-refractivity contribution in [3.63, 3.8) is 0 Å². The van der Waals surface area contributed by atoms with Crippen LogP contribution in [0.15, 0.2) is 18.3 Å². The van der Waals surface area contributed by atoms with Crippen LogP contribution in [0.5, 0.6) is 5.75 Å². The molecule has 2 aromatic heterocycles. The van der Waals surface area contributed by atoms with Crippen molar-refractivity contribution in [3.8, 4) is 17.0 Å². The molecule has 9 heteroatoms. The third-order valence-electron chi connectivity index (χ3n) is 6.08. The molecule has 3 saturated heterocycles. The van der Waals surface area contributed by atoms with Crippen molar-refractivity contribution in [2.75, 3.05) is 23.8 Å². The van der Waals surface area contributed by atoms with Gasteiger partial charge in [0.1, 0.15) is 11.6 Å². The highest BCUT2D eigenvalue weighted by Crippen LogP contribution is 2.38. The molecule has 4 fully saturated rings. The van der Waals surface area contributed by atoms with Gasteiger partial charge in [0.2, 0.25) is 0 Å². The number of nitrogens with two attached hydrogens (primary N) is 1. The van der Waals surface area contributed by atoms with Gasteiger partial charge < -0.3 is 20.1 Å². The SMILES string of the molecule is Nc1ncc(-c2cc(N3C[C@@H]4CC[C@H]3CO4)nc(C3CCC3)n2)cc1OC(F)F. The summed E-state index contributed by atoms with van der Waals surface area (Å²) in [6, 6.07) is 3.68. The lowest BCUT2D eigenvalue weighted by atomic mass is 9.84. The molecule has 154 valence electrons. The summed E-state index contributed by atoms with van der Waals surface area (Å²) in [5.74, 6) is 1.79. The van der Waals surface area contributed by atoms with Gasteiger partial charge in [0.15, 0.2) is 11.6 Å². The van der Waals surface area contributed by atoms with Gasteiger partial charge in [0, 0.05) is 30.3 Å². The first kappa shape index (κ1) is 18.5. The molecule has 2 bridgehead atoms. The van der Waals surface area contributed by atoms with Crippen molar-refractivity contribution >= 4 is 11.6 Å². The summed E-state index contributed by atoms with van der Waals surface area (Å²) < 4.78 is 35.7. The maximum absolute atomic E-state index is 12.7. The Morgan fingerprint density at radius 1 is 1.17 bits per heavy atom. The average molecular weight is 403 g/mol. The van der Waals surface area contributed by atoms with E-state index in [0.717, 1.165) is 43.9 Å². The minimum absolute atomic E-state index is 0.0759. The zero-order chi connectivity index (χ0) is 20.0. The maximum Gasteiger partial charge on any atom is 0.387 e. The molecule has 7 nitrogen and oxygen atoms in total. The summed E-state index contributed by atoms with van der Waals surface area (Å²) in [4.78, 5) is 15.9. The molecule has 0 spiro atoms. The number of pyridine rings is 1. The van der Waals surface area contributed by atoms with E-state index >= 15 is 0 Å². The lowest BCUT2D eigenvalue weighted by molar-refractivity contribution is -0.0494. The molecule has 2 atom stereocenters. The van der Waals surface area contributed by atoms with Crippen LogP contribution in [0.3, 0.4) is 0 Å². The number of hydrogen-bond donors (Lipinski definition) is 1. The lowest BCUT2D eigenvalue weighted by Crippen LogP contribution is -2.55. The number of nitrogen functional groups attached to an aromatic ring is 1. The van der Waals surface area contributed by atoms with E-state index in [4.69, 9.17) is 20.4 Å². The summed E-state index contributed by atoms with van der Waals surface area (Å²) in [5, 5.41) is 0. The summed E-state index contributed by atoms with van der Waals surface area (Å²) in [6.45, 7) is -1.45. The van der Waals surface area contributed by atoms with E-state index in [9.17, 15) is 8.78 Å². The van der Waals surface area contributed by atoms with Crippen LogP contribution in [0.1, 0.15) is 43.8 Å². The summed E-state index contributed by atoms with van der Waals surface area (Å²) in [6.07, 6.45) is 7.23. The molecular formula is C20H23F2N5O2. The number of aromatic nitrogens is 3. The Balaban J connectivity index is 1.54. The van der Waals surface area contributed by atoms with Crippen molar-refractivity contribution in [2.45, 2.75) is 56.8 Å². The van der Waals surface area contributed by atoms with E-state index in [2.05, 4.69) is 14.6 Å². The quantitative estimate of drug-likeness (QED) is 0.819. The smallest absolute Gasteiger partial charge is 0.387 e. The van der Waals surface area contributed by atoms with Gasteiger partial charge in [-0.3, -0.25) is 0 Å². The number of anilines is 2. The number of ether oxygens (including phenoxy) is 2. The standard InChI is InChI=1S/C20H23F2N5O2/c21-20(22)29-16-6-12(8-24-18(16)23)15-7-17(26-19(25-15)11-2-1-3-11)27-9-14-5-4-13(27)10-28-14/h6-8,11,13-14,20H,1-5,9-10H2,(H2,23,24)/t13-,14-/m0/s1. The predicted octanol–water partition coefficient (Wildman–Crippen LogP) is 3.36. The minimum atomic E-state index is -2.97. The Bertz CT molecular complexity index is 900. The molecule has 5 heterocycles. The second-order valence-corrected chi connectivity index (χ2v) is 7.92. The molecule has 2 aromatic rings. The van der Waals surface area contributed by atoms with Crippen LogP contribution in [0.4, 0.5) is 20.4 Å². The first-order valence-electron chi connectivity index (χ1n) is 10.0. The fourth-order valence-corrected chi connectivity index (χ4v) is 4.21. The molecule has 1 saturated carbocycles. The highest BCUT2D eigenvalue weighted by Gasteiger charge is 2.36. The Hall–Kier alpha value is -2.55. The normalized spacial score (nSPS) is 24.0. The van der Waals surface area contributed by atoms with Crippen LogP contribution in [-0.4, -0.2) is 46.9 Å². The number of morpholine rings is 1. The van der Waals surface area contributed by atoms with Crippen LogP contribution >= 0.6 is 0 Å². The third kappa shape index (κ3) is 3.59. The zero-order valence-corrected chi connectivity index (χ0v) is 15.9. The average Bonchev–Trinajstić information content (AvgIpc) is 2.68. The number of hydrogen-bond acceptors (Lipinski definition) is 7. The number of halogens is 2. The van der Waals surface area contributed by atoms with E-state index < -0.39 is 6.61 Å². The molecule has 0 unspecified atom stereocenters. The van der Waals surface area contributed by atoms with Gasteiger partial charge in [0.05, 0.1) is 24.4 Å². The molecule has 29 heavy (non-hydrogen) atoms. The Kier molecular flexibility index (Phi) is 4.69. The van der Waals surface area contributed by atoms with Gasteiger partial charge >= 0.3 is 6.61 Å². The number of nitrogens with zero attached hydrogens (tertiary/aromatic N) is 4. The van der Waals surface area contributed by atoms with E-state index in [1.165, 1.54) is 18.7 Å². The monoisotopic (exact) mass is 403 g/mol. The van der Waals surface area contributed by atoms with Crippen LogP contribution in [0.25, 0.3) is 11.3 Å². The molecule has 4 aliphatic rings. The fourth-order valence-electron chi connectivity index (χ4n) is 4.21. The van der Waals surface area contributed by atoms with E-state index in [0.29, 0.717) is 29.8 Å². The Morgan fingerprint density at radius 3 is 2.66 bits per heavy atom. The lowest BCUT2D eigenvalue weighted by Gasteiger charge is -2.46. The Morgan fingerprint density at radius 2 is 2.03 bits per heavy atom. The first-order chi connectivity index (χ1) is 14.1. The molecule has 0 aromatic carbocycles. The van der Waals surface area contributed by atoms with Crippen molar-refractivity contribution in [3.05, 3.63) is 24.2 Å². The fraction of sp³-hybridized carbons (Fsp3) is 0.550. The highest BCUT2D eigenvalue weighted by molar-refractivity contribution is 5.67. The number of alkyl halides is 2. The predicted molar refractivity (Wildman–Crippen MR) is 103 cm³/mol. The number of rotatable bonds is 5. The van der Waals surface area contributed by atoms with Crippen molar-refractivity contribution in [1.82, 2.24) is 15.0 Å². The number of fused-ring (bicyclic) bond motifs is 3. The van der Waals surface area contributed by atoms with Gasteiger partial charge in [-0.1, -0.05) is 6.42 Å². The van der Waals surface area contributed by atoms with Crippen LogP contribution in [-0.2, 0) is 4.74 Å². The van der Waals surface area contributed by atoms with Gasteiger partial charge in [-0.15, -0.1) is 0 Å². The molecule has 6 rings (SSSR count). The largest absolute Gasteiger partial charge is 0.431 e. The van der Waals surface area contributed by atoms with E-state index in [-0.39, 0.29) is 17.7 Å². The van der Waals surface area contributed by atoms with Crippen molar-refractivity contribution < 1.29 is 18.3 Å². The van der Waals surface area contributed by atoms with E-state index in [1.807, 2.05) is 6.07 Å². The van der Waals surface area contributed by atoms with Gasteiger partial charge in [0.25, 0.3) is 0 Å². The summed E-state index contributed by atoms with van der Waals surface area (Å²) in [5.41, 5.74) is 6.91. The zero-order valence-electron chi connectivity index (χ0n) is 15.9. The van der Waals surface area contributed by atoms with Crippen molar-refractivity contribution in [1.29, 1.82) is 0 Å². The van der Waals surface area contributed by atoms with Crippen molar-refractivity contribution in [2.24, 2.45) is 0 Å². The summed E-state index contributed by atoms with van der Waals surface area (Å²) in [7, 11) is 0. The van der Waals surface area contributed by atoms with E-state index in [1.54, 1.807) is 0 Å². The molecule has 0 radical (unpaired) electrons. The molecule has 2 N–H and O–H groups in total. The molecule has 0 amide bonds. The second kappa shape index (κ2) is 7.37. The molecule has 1 aliphatic carbocycles. The first-order valence-corrected chi connectivity index (χ1v) is 10.0. The minimum Gasteiger partial charge on any atom is -0.431 e.